The van der Waals surface area contributed by atoms with Crippen LogP contribution in [0, 0.1) is 11.8 Å². The fraction of sp³-hybridized carbons (Fsp3) is 0.778. The summed E-state index contributed by atoms with van der Waals surface area (Å²) in [6.45, 7) is 9.91. The number of hydrogen-bond acceptors (Lipinski definition) is 2. The summed E-state index contributed by atoms with van der Waals surface area (Å²) in [5.41, 5.74) is 0. The van der Waals surface area contributed by atoms with E-state index in [0.29, 0.717) is 0 Å². The molecule has 2 atom stereocenters. The summed E-state index contributed by atoms with van der Waals surface area (Å²) in [5.74, 6) is 5.52. The van der Waals surface area contributed by atoms with Gasteiger partial charge in [-0.2, -0.15) is 0 Å². The van der Waals surface area contributed by atoms with Crippen LogP contribution in [0.4, 0.5) is 0 Å². The van der Waals surface area contributed by atoms with Crippen LogP contribution in [0.3, 0.4) is 0 Å². The second kappa shape index (κ2) is 4.66. The normalized spacial score (nSPS) is 16.2. The summed E-state index contributed by atoms with van der Waals surface area (Å²) in [5, 5.41) is 8.88. The Morgan fingerprint density at radius 3 is 2.00 bits per heavy atom. The quantitative estimate of drug-likeness (QED) is 0.524. The molecule has 0 aromatic carbocycles. The maximum Gasteiger partial charge on any atom is 0.185 e. The lowest BCUT2D eigenvalue weighted by Gasteiger charge is -2.19. The lowest BCUT2D eigenvalue weighted by Crippen LogP contribution is -2.29. The Morgan fingerprint density at radius 2 is 1.67 bits per heavy atom. The first-order chi connectivity index (χ1) is 5.31. The molecule has 0 aliphatic carbocycles. The second-order valence-corrected chi connectivity index (χ2v) is 8.30. The van der Waals surface area contributed by atoms with Crippen LogP contribution < -0.4 is 0 Å². The van der Waals surface area contributed by atoms with Gasteiger partial charge in [-0.25, -0.2) is 0 Å². The van der Waals surface area contributed by atoms with Crippen molar-refractivity contribution in [2.45, 2.75) is 45.7 Å². The van der Waals surface area contributed by atoms with E-state index in [4.69, 9.17) is 9.53 Å². The molecule has 0 aromatic rings. The Labute approximate surface area is 76.1 Å². The van der Waals surface area contributed by atoms with Crippen LogP contribution in [-0.2, 0) is 4.43 Å². The van der Waals surface area contributed by atoms with Crippen LogP contribution in [0.5, 0.6) is 0 Å². The van der Waals surface area contributed by atoms with E-state index in [1.807, 2.05) is 6.92 Å². The van der Waals surface area contributed by atoms with Crippen molar-refractivity contribution in [2.75, 3.05) is 0 Å². The second-order valence-electron chi connectivity index (χ2n) is 3.84. The first-order valence-corrected chi connectivity index (χ1v) is 7.59. The smallest absolute Gasteiger partial charge is 0.185 e. The van der Waals surface area contributed by atoms with E-state index in [1.165, 1.54) is 0 Å². The standard InChI is InChI=1S/C9H18O2Si/c1-8(10)6-7-9(2)11-12(3,4)5/h8-10H,1-5H3. The van der Waals surface area contributed by atoms with Gasteiger partial charge in [-0.05, 0) is 33.5 Å². The highest BCUT2D eigenvalue weighted by atomic mass is 28.4. The monoisotopic (exact) mass is 186 g/mol. The van der Waals surface area contributed by atoms with Crippen molar-refractivity contribution in [3.63, 3.8) is 0 Å². The summed E-state index contributed by atoms with van der Waals surface area (Å²) < 4.78 is 5.64. The first-order valence-electron chi connectivity index (χ1n) is 4.18. The molecule has 0 rings (SSSR count). The molecule has 0 saturated carbocycles. The topological polar surface area (TPSA) is 29.5 Å². The van der Waals surface area contributed by atoms with Gasteiger partial charge in [-0.15, -0.1) is 0 Å². The maximum absolute atomic E-state index is 8.88. The molecule has 2 nitrogen and oxygen atoms in total. The van der Waals surface area contributed by atoms with Crippen LogP contribution in [0.2, 0.25) is 19.6 Å². The Morgan fingerprint density at radius 1 is 1.17 bits per heavy atom. The number of rotatable bonds is 2. The molecule has 0 aliphatic rings. The third-order valence-electron chi connectivity index (χ3n) is 1.03. The molecule has 0 heterocycles. The zero-order chi connectivity index (χ0) is 9.78. The number of aliphatic hydroxyl groups is 1. The Hall–Kier alpha value is -0.303. The first kappa shape index (κ1) is 11.7. The fourth-order valence-electron chi connectivity index (χ4n) is 0.798. The van der Waals surface area contributed by atoms with Gasteiger partial charge in [0.25, 0.3) is 0 Å². The molecule has 0 aromatic heterocycles. The van der Waals surface area contributed by atoms with Crippen molar-refractivity contribution in [1.82, 2.24) is 0 Å². The van der Waals surface area contributed by atoms with E-state index in [1.54, 1.807) is 6.92 Å². The summed E-state index contributed by atoms with van der Waals surface area (Å²) in [7, 11) is -1.48. The van der Waals surface area contributed by atoms with Crippen LogP contribution in [0.15, 0.2) is 0 Å². The lowest BCUT2D eigenvalue weighted by molar-refractivity contribution is 0.249. The summed E-state index contributed by atoms with van der Waals surface area (Å²) in [6.07, 6.45) is -0.621. The Balaban J connectivity index is 3.92. The van der Waals surface area contributed by atoms with Crippen molar-refractivity contribution in [3.05, 3.63) is 0 Å². The van der Waals surface area contributed by atoms with Gasteiger partial charge in [0.2, 0.25) is 0 Å². The van der Waals surface area contributed by atoms with Crippen molar-refractivity contribution >= 4 is 8.32 Å². The molecule has 0 amide bonds. The van der Waals surface area contributed by atoms with Crippen molar-refractivity contribution < 1.29 is 9.53 Å². The molecule has 0 saturated heterocycles. The molecular formula is C9H18O2Si. The van der Waals surface area contributed by atoms with E-state index in [0.717, 1.165) is 0 Å². The summed E-state index contributed by atoms with van der Waals surface area (Å²) in [4.78, 5) is 0. The highest BCUT2D eigenvalue weighted by Crippen LogP contribution is 2.05. The third-order valence-corrected chi connectivity index (χ3v) is 2.09. The average Bonchev–Trinajstić information content (AvgIpc) is 1.79. The summed E-state index contributed by atoms with van der Waals surface area (Å²) >= 11 is 0. The van der Waals surface area contributed by atoms with Gasteiger partial charge in [0.1, 0.15) is 12.2 Å². The fourth-order valence-corrected chi connectivity index (χ4v) is 1.92. The highest BCUT2D eigenvalue weighted by Gasteiger charge is 2.16. The van der Waals surface area contributed by atoms with E-state index in [-0.39, 0.29) is 6.10 Å². The molecule has 70 valence electrons. The van der Waals surface area contributed by atoms with E-state index >= 15 is 0 Å². The van der Waals surface area contributed by atoms with Gasteiger partial charge in [0.15, 0.2) is 8.32 Å². The number of aliphatic hydroxyl groups excluding tert-OH is 1. The zero-order valence-corrected chi connectivity index (χ0v) is 9.51. The molecular weight excluding hydrogens is 168 g/mol. The van der Waals surface area contributed by atoms with Crippen LogP contribution in [0.25, 0.3) is 0 Å². The SMILES string of the molecule is CC(O)C#CC(C)O[Si](C)(C)C. The maximum atomic E-state index is 8.88. The highest BCUT2D eigenvalue weighted by molar-refractivity contribution is 6.69. The molecule has 12 heavy (non-hydrogen) atoms. The zero-order valence-electron chi connectivity index (χ0n) is 8.51. The minimum Gasteiger partial charge on any atom is -0.404 e. The van der Waals surface area contributed by atoms with Crippen molar-refractivity contribution in [3.8, 4) is 11.8 Å². The Bertz CT molecular complexity index is 183. The van der Waals surface area contributed by atoms with Gasteiger partial charge in [0, 0.05) is 0 Å². The minimum absolute atomic E-state index is 0.0636. The molecule has 0 fully saturated rings. The molecule has 0 spiro atoms. The summed E-state index contributed by atoms with van der Waals surface area (Å²) in [6, 6.07) is 0. The van der Waals surface area contributed by atoms with Crippen LogP contribution in [0.1, 0.15) is 13.8 Å². The van der Waals surface area contributed by atoms with E-state index in [9.17, 15) is 0 Å². The van der Waals surface area contributed by atoms with Gasteiger partial charge in [0.05, 0.1) is 0 Å². The molecule has 0 bridgehead atoms. The predicted octanol–water partition coefficient (Wildman–Crippen LogP) is 1.61. The van der Waals surface area contributed by atoms with E-state index in [2.05, 4.69) is 31.5 Å². The predicted molar refractivity (Wildman–Crippen MR) is 53.3 cm³/mol. The largest absolute Gasteiger partial charge is 0.404 e. The Kier molecular flexibility index (Phi) is 4.54. The number of hydrogen-bond donors (Lipinski definition) is 1. The minimum atomic E-state index is -1.48. The molecule has 0 radical (unpaired) electrons. The van der Waals surface area contributed by atoms with Crippen LogP contribution in [-0.4, -0.2) is 25.6 Å². The third kappa shape index (κ3) is 7.80. The lowest BCUT2D eigenvalue weighted by atomic mass is 10.3. The average molecular weight is 186 g/mol. The van der Waals surface area contributed by atoms with E-state index < -0.39 is 14.4 Å². The van der Waals surface area contributed by atoms with Gasteiger partial charge < -0.3 is 9.53 Å². The van der Waals surface area contributed by atoms with Gasteiger partial charge in [-0.1, -0.05) is 11.8 Å². The molecule has 1 N–H and O–H groups in total. The van der Waals surface area contributed by atoms with Crippen LogP contribution >= 0.6 is 0 Å². The van der Waals surface area contributed by atoms with Gasteiger partial charge >= 0.3 is 0 Å². The molecule has 0 aliphatic heterocycles. The van der Waals surface area contributed by atoms with Gasteiger partial charge in [-0.3, -0.25) is 0 Å². The molecule has 2 unspecified atom stereocenters. The molecule has 3 heteroatoms. The van der Waals surface area contributed by atoms with Crippen molar-refractivity contribution in [1.29, 1.82) is 0 Å². The van der Waals surface area contributed by atoms with Crippen molar-refractivity contribution in [2.24, 2.45) is 0 Å².